The van der Waals surface area contributed by atoms with E-state index in [0.717, 1.165) is 79.2 Å². The van der Waals surface area contributed by atoms with E-state index >= 15 is 0 Å². The molecule has 0 aliphatic rings. The van der Waals surface area contributed by atoms with Crippen LogP contribution in [0, 0.1) is 20.8 Å². The van der Waals surface area contributed by atoms with E-state index in [9.17, 15) is 23.9 Å². The fourth-order valence-electron chi connectivity index (χ4n) is 8.77. The number of ether oxygens (including phenoxy) is 3. The second-order valence-electron chi connectivity index (χ2n) is 17.9. The number of anilines is 2. The van der Waals surface area contributed by atoms with Crippen LogP contribution in [-0.4, -0.2) is 90.5 Å². The lowest BCUT2D eigenvalue weighted by molar-refractivity contribution is -0.145. The first-order valence-electron chi connectivity index (χ1n) is 23.6. The number of aryl methyl sites for hydroxylation is 7. The number of carboxylic acids is 1. The van der Waals surface area contributed by atoms with Crippen LogP contribution in [-0.2, 0) is 55.3 Å². The third-order valence-electron chi connectivity index (χ3n) is 12.6. The lowest BCUT2D eigenvalue weighted by atomic mass is 9.99. The molecule has 72 heavy (non-hydrogen) atoms. The first-order chi connectivity index (χ1) is 34.4. The number of rotatable bonds is 23. The number of pyridine rings is 4. The minimum atomic E-state index is -4.37. The molecule has 0 radical (unpaired) electrons. The molecule has 0 aliphatic carbocycles. The molecule has 0 amide bonds. The average molecular weight is 1020 g/mol. The molecule has 4 aromatic carbocycles. The first kappa shape index (κ1) is 51.8. The number of nitrogen functional groups attached to an aromatic ring is 2. The second kappa shape index (κ2) is 22.5. The molecule has 0 spiro atoms. The van der Waals surface area contributed by atoms with Gasteiger partial charge in [-0.05, 0) is 135 Å². The summed E-state index contributed by atoms with van der Waals surface area (Å²) in [4.78, 5) is 60.2. The van der Waals surface area contributed by atoms with Crippen molar-refractivity contribution in [1.29, 1.82) is 0 Å². The highest BCUT2D eigenvalue weighted by Crippen LogP contribution is 2.45. The van der Waals surface area contributed by atoms with Gasteiger partial charge in [0.05, 0.1) is 66.6 Å². The maximum Gasteiger partial charge on any atom is 0.333 e. The van der Waals surface area contributed by atoms with Crippen molar-refractivity contribution in [2.24, 2.45) is 0 Å². The van der Waals surface area contributed by atoms with E-state index in [-0.39, 0.29) is 51.6 Å². The van der Waals surface area contributed by atoms with Gasteiger partial charge in [0.1, 0.15) is 18.1 Å². The molecule has 4 heterocycles. The van der Waals surface area contributed by atoms with Crippen molar-refractivity contribution in [3.63, 3.8) is 0 Å². The standard InChI is InChI=1S/C53H58N6O11P2/c1-32-5-19-44(54)49-42-17-13-38(58-46(42)30-56-51(32)49)11-6-35-8-15-40(27-33(35)2)68-21-4-25-72(65,66)70-48(53(60)61)29-37-10-20-45(55)50-43-18-14-39(59-47(43)31-57-52(37)50)12-7-36-9-16-41(28-34(36)3)69-23-22-67-24-26-71(62,63)64/h5,8-10,13-20,27-28,30-31,48H,4,6-7,11-12,21-26,29,54-55H2,1-3H3,(H,60,61)(H,65,66)(H2,62,63,64). The van der Waals surface area contributed by atoms with Crippen LogP contribution < -0.4 is 20.9 Å². The predicted octanol–water partition coefficient (Wildman–Crippen LogP) is 8.78. The Morgan fingerprint density at radius 2 is 1.15 bits per heavy atom. The van der Waals surface area contributed by atoms with E-state index < -0.39 is 27.3 Å². The normalized spacial score (nSPS) is 13.2. The van der Waals surface area contributed by atoms with Crippen molar-refractivity contribution in [2.75, 3.05) is 50.2 Å². The zero-order chi connectivity index (χ0) is 51.2. The van der Waals surface area contributed by atoms with E-state index in [1.54, 1.807) is 24.5 Å². The van der Waals surface area contributed by atoms with Gasteiger partial charge in [-0.25, -0.2) is 4.79 Å². The minimum Gasteiger partial charge on any atom is -0.494 e. The van der Waals surface area contributed by atoms with Crippen LogP contribution in [0.4, 0.5) is 11.4 Å². The van der Waals surface area contributed by atoms with Crippen molar-refractivity contribution in [1.82, 2.24) is 19.9 Å². The summed E-state index contributed by atoms with van der Waals surface area (Å²) in [6.45, 7) is 6.53. The maximum absolute atomic E-state index is 13.3. The van der Waals surface area contributed by atoms with Crippen LogP contribution in [0.15, 0.2) is 97.3 Å². The fraction of sp³-hybridized carbons (Fsp3) is 0.302. The molecule has 8 aromatic rings. The quantitative estimate of drug-likeness (QED) is 0.0151. The van der Waals surface area contributed by atoms with E-state index in [1.807, 2.05) is 87.5 Å². The average Bonchev–Trinajstić information content (AvgIpc) is 3.34. The molecular weight excluding hydrogens is 959 g/mol. The number of aliphatic carboxylic acids is 1. The lowest BCUT2D eigenvalue weighted by Crippen LogP contribution is -2.26. The van der Waals surface area contributed by atoms with E-state index in [4.69, 9.17) is 50.0 Å². The number of carbonyl (C=O) groups is 1. The smallest absolute Gasteiger partial charge is 0.333 e. The number of carboxylic acid groups (broad SMARTS) is 1. The van der Waals surface area contributed by atoms with Gasteiger partial charge >= 0.3 is 21.2 Å². The van der Waals surface area contributed by atoms with E-state index in [2.05, 4.69) is 16.0 Å². The number of fused-ring (bicyclic) bond motifs is 6. The summed E-state index contributed by atoms with van der Waals surface area (Å²) < 4.78 is 46.6. The van der Waals surface area contributed by atoms with Gasteiger partial charge in [-0.15, -0.1) is 0 Å². The summed E-state index contributed by atoms with van der Waals surface area (Å²) in [6, 6.07) is 26.7. The highest BCUT2D eigenvalue weighted by molar-refractivity contribution is 7.52. The van der Waals surface area contributed by atoms with Crippen LogP contribution in [0.5, 0.6) is 11.5 Å². The molecule has 17 nitrogen and oxygen atoms in total. The molecule has 0 bridgehead atoms. The summed E-state index contributed by atoms with van der Waals surface area (Å²) in [6.07, 6.45) is 3.84. The van der Waals surface area contributed by atoms with Gasteiger partial charge in [0.2, 0.25) is 0 Å². The van der Waals surface area contributed by atoms with E-state index in [1.165, 1.54) is 0 Å². The number of hydrogen-bond donors (Lipinski definition) is 6. The molecule has 4 aromatic heterocycles. The molecule has 8 rings (SSSR count). The molecule has 376 valence electrons. The Bertz CT molecular complexity index is 3410. The van der Waals surface area contributed by atoms with Crippen molar-refractivity contribution in [2.45, 2.75) is 65.4 Å². The largest absolute Gasteiger partial charge is 0.494 e. The lowest BCUT2D eigenvalue weighted by Gasteiger charge is -2.19. The van der Waals surface area contributed by atoms with Gasteiger partial charge in [0, 0.05) is 50.7 Å². The molecule has 0 aliphatic heterocycles. The molecule has 0 saturated heterocycles. The summed E-state index contributed by atoms with van der Waals surface area (Å²) in [7, 11) is -8.47. The summed E-state index contributed by atoms with van der Waals surface area (Å²) in [5, 5.41) is 13.4. The molecule has 2 atom stereocenters. The SMILES string of the molecule is Cc1cc(OCCCP(=O)(O)OC(Cc2ccc(N)c3c2ncc2nc(CCc4ccc(OCCOCCP(=O)(O)O)cc4C)ccc23)C(=O)O)ccc1CCc1ccc2c(cnc3c(C)ccc(N)c32)n1. The topological polar surface area (TPSA) is 273 Å². The molecular formula is C53H58N6O11P2. The minimum absolute atomic E-state index is 0.0467. The zero-order valence-electron chi connectivity index (χ0n) is 40.3. The highest BCUT2D eigenvalue weighted by Gasteiger charge is 2.31. The molecule has 19 heteroatoms. The Balaban J connectivity index is 0.825. The number of hydrogen-bond acceptors (Lipinski definition) is 13. The Morgan fingerprint density at radius 1 is 0.611 bits per heavy atom. The van der Waals surface area contributed by atoms with Gasteiger partial charge in [0.15, 0.2) is 6.10 Å². The third kappa shape index (κ3) is 12.9. The Hall–Kier alpha value is -6.55. The fourth-order valence-corrected chi connectivity index (χ4v) is 10.3. The van der Waals surface area contributed by atoms with Gasteiger partial charge in [-0.2, -0.15) is 0 Å². The number of benzene rings is 4. The monoisotopic (exact) mass is 1020 g/mol. The highest BCUT2D eigenvalue weighted by atomic mass is 31.2. The molecule has 2 unspecified atom stereocenters. The number of nitrogens with zero attached hydrogens (tertiary/aromatic N) is 4. The van der Waals surface area contributed by atoms with Crippen LogP contribution in [0.1, 0.15) is 51.2 Å². The van der Waals surface area contributed by atoms with Crippen LogP contribution in [0.3, 0.4) is 0 Å². The second-order valence-corrected chi connectivity index (χ2v) is 21.7. The molecule has 8 N–H and O–H groups in total. The Kier molecular flexibility index (Phi) is 16.2. The van der Waals surface area contributed by atoms with Gasteiger partial charge in [-0.1, -0.05) is 36.4 Å². The van der Waals surface area contributed by atoms with Crippen LogP contribution >= 0.6 is 15.2 Å². The summed E-state index contributed by atoms with van der Waals surface area (Å²) in [5.74, 6) is -0.124. The van der Waals surface area contributed by atoms with Crippen molar-refractivity contribution >= 4 is 76.1 Å². The van der Waals surface area contributed by atoms with Gasteiger partial charge in [-0.3, -0.25) is 33.6 Å². The first-order valence-corrected chi connectivity index (χ1v) is 27.2. The Labute approximate surface area is 416 Å². The van der Waals surface area contributed by atoms with Gasteiger partial charge < -0.3 is 45.5 Å². The van der Waals surface area contributed by atoms with E-state index in [0.29, 0.717) is 57.7 Å². The predicted molar refractivity (Wildman–Crippen MR) is 279 cm³/mol. The van der Waals surface area contributed by atoms with Crippen molar-refractivity contribution in [3.05, 3.63) is 142 Å². The van der Waals surface area contributed by atoms with Crippen molar-refractivity contribution < 1.29 is 52.4 Å². The molecule has 0 fully saturated rings. The Morgan fingerprint density at radius 3 is 1.72 bits per heavy atom. The molecule has 0 saturated carbocycles. The zero-order valence-corrected chi connectivity index (χ0v) is 42.1. The third-order valence-corrected chi connectivity index (χ3v) is 14.9. The van der Waals surface area contributed by atoms with Crippen LogP contribution in [0.25, 0.3) is 43.6 Å². The summed E-state index contributed by atoms with van der Waals surface area (Å²) in [5.41, 5.74) is 24.2. The summed E-state index contributed by atoms with van der Waals surface area (Å²) >= 11 is 0. The van der Waals surface area contributed by atoms with Gasteiger partial charge in [0.25, 0.3) is 0 Å². The maximum atomic E-state index is 13.3. The number of aromatic nitrogens is 4. The van der Waals surface area contributed by atoms with Crippen LogP contribution in [0.2, 0.25) is 0 Å². The number of nitrogens with two attached hydrogens (primary N) is 2. The van der Waals surface area contributed by atoms with Crippen molar-refractivity contribution in [3.8, 4) is 11.5 Å².